The average molecular weight is 385 g/mol. The van der Waals surface area contributed by atoms with Gasteiger partial charge in [0.2, 0.25) is 11.3 Å². The van der Waals surface area contributed by atoms with Crippen molar-refractivity contribution in [1.82, 2.24) is 15.2 Å². The minimum atomic E-state index is -0.998. The van der Waals surface area contributed by atoms with Gasteiger partial charge in [-0.2, -0.15) is 0 Å². The molecule has 0 fully saturated rings. The van der Waals surface area contributed by atoms with Crippen molar-refractivity contribution in [3.63, 3.8) is 0 Å². The highest BCUT2D eigenvalue weighted by Crippen LogP contribution is 2.10. The molecule has 0 unspecified atom stereocenters. The van der Waals surface area contributed by atoms with Gasteiger partial charge in [-0.05, 0) is 29.8 Å². The largest absolute Gasteiger partial charge is 0.360 e. The van der Waals surface area contributed by atoms with Gasteiger partial charge in [-0.3, -0.25) is 14.4 Å². The van der Waals surface area contributed by atoms with Crippen molar-refractivity contribution < 1.29 is 18.4 Å². The summed E-state index contributed by atoms with van der Waals surface area (Å²) in [6, 6.07) is 10.1. The van der Waals surface area contributed by atoms with Crippen molar-refractivity contribution in [2.75, 3.05) is 13.6 Å². The number of halogens is 2. The van der Waals surface area contributed by atoms with Gasteiger partial charge in [0.1, 0.15) is 5.56 Å². The van der Waals surface area contributed by atoms with Crippen LogP contribution in [0.5, 0.6) is 0 Å². The summed E-state index contributed by atoms with van der Waals surface area (Å²) < 4.78 is 26.2. The second-order valence-electron chi connectivity index (χ2n) is 6.26. The second-order valence-corrected chi connectivity index (χ2v) is 6.26. The molecule has 0 bridgehead atoms. The number of rotatable bonds is 5. The van der Waals surface area contributed by atoms with E-state index in [2.05, 4.69) is 10.3 Å². The molecule has 0 saturated heterocycles. The zero-order valence-electron chi connectivity index (χ0n) is 15.0. The summed E-state index contributed by atoms with van der Waals surface area (Å²) in [6.07, 6.45) is 1.30. The number of carbonyl (C=O) groups excluding carboxylic acids is 2. The molecular formula is C20H17F2N3O3. The average Bonchev–Trinajstić information content (AvgIpc) is 2.69. The number of amides is 2. The summed E-state index contributed by atoms with van der Waals surface area (Å²) >= 11 is 0. The predicted molar refractivity (Wildman–Crippen MR) is 99.7 cm³/mol. The number of para-hydroxylation sites is 1. The number of H-pyrrole nitrogens is 1. The van der Waals surface area contributed by atoms with Gasteiger partial charge >= 0.3 is 0 Å². The first-order valence-corrected chi connectivity index (χ1v) is 8.43. The van der Waals surface area contributed by atoms with Crippen LogP contribution < -0.4 is 10.7 Å². The van der Waals surface area contributed by atoms with Gasteiger partial charge in [-0.1, -0.05) is 18.2 Å². The molecule has 0 saturated carbocycles. The van der Waals surface area contributed by atoms with E-state index in [0.717, 1.165) is 12.1 Å². The Balaban J connectivity index is 1.63. The molecule has 2 N–H and O–H groups in total. The smallest absolute Gasteiger partial charge is 0.257 e. The lowest BCUT2D eigenvalue weighted by atomic mass is 10.1. The molecule has 1 aromatic heterocycles. The Hall–Kier alpha value is -3.55. The highest BCUT2D eigenvalue weighted by atomic mass is 19.2. The summed E-state index contributed by atoms with van der Waals surface area (Å²) in [4.78, 5) is 41.0. The van der Waals surface area contributed by atoms with Gasteiger partial charge in [0, 0.05) is 30.7 Å². The molecule has 3 rings (SSSR count). The minimum absolute atomic E-state index is 0.0441. The van der Waals surface area contributed by atoms with Gasteiger partial charge in [-0.15, -0.1) is 0 Å². The standard InChI is InChI=1S/C20H17F2N3O3/c1-25(11-12-6-7-15(21)16(22)8-12)18(26)10-24-20(28)14-9-23-17-5-3-2-4-13(17)19(14)27/h2-9H,10-11H2,1H3,(H,23,27)(H,24,28). The Morgan fingerprint density at radius 1 is 1.11 bits per heavy atom. The maximum atomic E-state index is 13.3. The third-order valence-electron chi connectivity index (χ3n) is 4.26. The SMILES string of the molecule is CN(Cc1ccc(F)c(F)c1)C(=O)CNC(=O)c1c[nH]c2ccccc2c1=O. The number of aromatic amines is 1. The maximum absolute atomic E-state index is 13.3. The topological polar surface area (TPSA) is 82.3 Å². The molecule has 144 valence electrons. The number of hydrogen-bond acceptors (Lipinski definition) is 3. The van der Waals surface area contributed by atoms with E-state index in [1.165, 1.54) is 24.2 Å². The lowest BCUT2D eigenvalue weighted by Crippen LogP contribution is -2.39. The van der Waals surface area contributed by atoms with Crippen LogP contribution in [0.25, 0.3) is 10.9 Å². The summed E-state index contributed by atoms with van der Waals surface area (Å²) in [5.74, 6) is -3.09. The third-order valence-corrected chi connectivity index (χ3v) is 4.26. The Bertz CT molecular complexity index is 1110. The summed E-state index contributed by atoms with van der Waals surface area (Å²) in [6.45, 7) is -0.298. The van der Waals surface area contributed by atoms with Crippen molar-refractivity contribution >= 4 is 22.7 Å². The molecular weight excluding hydrogens is 368 g/mol. The first-order valence-electron chi connectivity index (χ1n) is 8.43. The van der Waals surface area contributed by atoms with Gasteiger partial charge in [-0.25, -0.2) is 8.78 Å². The molecule has 0 aliphatic heterocycles. The summed E-state index contributed by atoms with van der Waals surface area (Å²) in [7, 11) is 1.47. The van der Waals surface area contributed by atoms with Crippen LogP contribution in [0.4, 0.5) is 8.78 Å². The fraction of sp³-hybridized carbons (Fsp3) is 0.150. The molecule has 0 aliphatic carbocycles. The number of pyridine rings is 1. The van der Waals surface area contributed by atoms with Crippen LogP contribution in [0.2, 0.25) is 0 Å². The van der Waals surface area contributed by atoms with Crippen LogP contribution in [0.15, 0.2) is 53.5 Å². The predicted octanol–water partition coefficient (Wildman–Crippen LogP) is 2.19. The van der Waals surface area contributed by atoms with Gasteiger partial charge in [0.25, 0.3) is 5.91 Å². The van der Waals surface area contributed by atoms with E-state index >= 15 is 0 Å². The number of hydrogen-bond donors (Lipinski definition) is 2. The van der Waals surface area contributed by atoms with E-state index in [1.807, 2.05) is 0 Å². The second kappa shape index (κ2) is 7.99. The summed E-state index contributed by atoms with van der Waals surface area (Å²) in [5, 5.41) is 2.78. The van der Waals surface area contributed by atoms with Crippen LogP contribution in [0, 0.1) is 11.6 Å². The van der Waals surface area contributed by atoms with E-state index in [0.29, 0.717) is 16.5 Å². The zero-order chi connectivity index (χ0) is 20.3. The number of likely N-dealkylation sites (N-methyl/N-ethyl adjacent to an activating group) is 1. The maximum Gasteiger partial charge on any atom is 0.257 e. The zero-order valence-corrected chi connectivity index (χ0v) is 15.0. The molecule has 6 nitrogen and oxygen atoms in total. The number of carbonyl (C=O) groups is 2. The molecule has 8 heteroatoms. The van der Waals surface area contributed by atoms with Crippen LogP contribution in [-0.2, 0) is 11.3 Å². The molecule has 2 amide bonds. The molecule has 0 atom stereocenters. The monoisotopic (exact) mass is 385 g/mol. The molecule has 0 spiro atoms. The van der Waals surface area contributed by atoms with Crippen LogP contribution in [0.3, 0.4) is 0 Å². The van der Waals surface area contributed by atoms with Crippen LogP contribution >= 0.6 is 0 Å². The Morgan fingerprint density at radius 3 is 2.61 bits per heavy atom. The molecule has 0 aliphatic rings. The lowest BCUT2D eigenvalue weighted by Gasteiger charge is -2.17. The van der Waals surface area contributed by atoms with Crippen molar-refractivity contribution in [3.05, 3.63) is 81.6 Å². The van der Waals surface area contributed by atoms with Gasteiger partial charge < -0.3 is 15.2 Å². The Labute approximate surface area is 158 Å². The van der Waals surface area contributed by atoms with Gasteiger partial charge in [0.05, 0.1) is 6.54 Å². The molecule has 2 aromatic carbocycles. The number of aromatic nitrogens is 1. The lowest BCUT2D eigenvalue weighted by molar-refractivity contribution is -0.129. The van der Waals surface area contributed by atoms with Crippen molar-refractivity contribution in [2.24, 2.45) is 0 Å². The number of nitrogens with one attached hydrogen (secondary N) is 2. The van der Waals surface area contributed by atoms with E-state index in [9.17, 15) is 23.2 Å². The Morgan fingerprint density at radius 2 is 1.86 bits per heavy atom. The van der Waals surface area contributed by atoms with E-state index < -0.39 is 28.9 Å². The van der Waals surface area contributed by atoms with E-state index in [-0.39, 0.29) is 18.7 Å². The van der Waals surface area contributed by atoms with Crippen LogP contribution in [0.1, 0.15) is 15.9 Å². The first-order chi connectivity index (χ1) is 13.4. The number of fused-ring (bicyclic) bond motifs is 1. The van der Waals surface area contributed by atoms with E-state index in [4.69, 9.17) is 0 Å². The van der Waals surface area contributed by atoms with Crippen LogP contribution in [-0.4, -0.2) is 35.3 Å². The fourth-order valence-electron chi connectivity index (χ4n) is 2.72. The third kappa shape index (κ3) is 4.06. The normalized spacial score (nSPS) is 10.7. The fourth-order valence-corrected chi connectivity index (χ4v) is 2.72. The molecule has 3 aromatic rings. The molecule has 28 heavy (non-hydrogen) atoms. The highest BCUT2D eigenvalue weighted by Gasteiger charge is 2.16. The number of nitrogens with zero attached hydrogens (tertiary/aromatic N) is 1. The number of benzene rings is 2. The summed E-state index contributed by atoms with van der Waals surface area (Å²) in [5.41, 5.74) is 0.475. The van der Waals surface area contributed by atoms with Gasteiger partial charge in [0.15, 0.2) is 11.6 Å². The Kier molecular flexibility index (Phi) is 5.49. The molecule has 0 radical (unpaired) electrons. The first kappa shape index (κ1) is 19.2. The van der Waals surface area contributed by atoms with E-state index in [1.54, 1.807) is 24.3 Å². The highest BCUT2D eigenvalue weighted by molar-refractivity contribution is 5.98. The minimum Gasteiger partial charge on any atom is -0.360 e. The van der Waals surface area contributed by atoms with Crippen molar-refractivity contribution in [2.45, 2.75) is 6.54 Å². The molecule has 1 heterocycles. The van der Waals surface area contributed by atoms with Crippen molar-refractivity contribution in [1.29, 1.82) is 0 Å². The van der Waals surface area contributed by atoms with Crippen molar-refractivity contribution in [3.8, 4) is 0 Å². The quantitative estimate of drug-likeness (QED) is 0.706.